The Morgan fingerprint density at radius 3 is 1.68 bits per heavy atom. The summed E-state index contributed by atoms with van der Waals surface area (Å²) in [5, 5.41) is -0.752. The first-order chi connectivity index (χ1) is 16.4. The van der Waals surface area contributed by atoms with E-state index in [-0.39, 0.29) is 11.3 Å². The SMILES string of the molecule is O=C1OC(P(Br)(c2ccccc2)(c2ccccc2)c2ccccc2)c2ccc(OC(F)F)cc21. The molecular formula is C27H20BrF2O3P. The summed E-state index contributed by atoms with van der Waals surface area (Å²) in [4.78, 5) is 13.1. The molecule has 4 aromatic rings. The molecule has 5 rings (SSSR count). The van der Waals surface area contributed by atoms with Crippen molar-refractivity contribution < 1.29 is 23.0 Å². The third-order valence-electron chi connectivity index (χ3n) is 6.18. The number of rotatable bonds is 6. The van der Waals surface area contributed by atoms with E-state index in [1.807, 2.05) is 91.0 Å². The van der Waals surface area contributed by atoms with Crippen molar-refractivity contribution in [2.24, 2.45) is 0 Å². The van der Waals surface area contributed by atoms with Crippen LogP contribution in [0.5, 0.6) is 5.75 Å². The van der Waals surface area contributed by atoms with Crippen LogP contribution in [0.1, 0.15) is 21.8 Å². The molecule has 4 aromatic carbocycles. The van der Waals surface area contributed by atoms with Gasteiger partial charge in [-0.05, 0) is 0 Å². The first-order valence-electron chi connectivity index (χ1n) is 10.6. The van der Waals surface area contributed by atoms with Gasteiger partial charge in [0.15, 0.2) is 0 Å². The number of esters is 1. The van der Waals surface area contributed by atoms with Crippen LogP contribution >= 0.6 is 20.8 Å². The molecule has 0 saturated heterocycles. The Kier molecular flexibility index (Phi) is 5.75. The maximum atomic E-state index is 13.1. The van der Waals surface area contributed by atoms with Crippen molar-refractivity contribution in [1.82, 2.24) is 0 Å². The monoisotopic (exact) mass is 540 g/mol. The van der Waals surface area contributed by atoms with E-state index in [1.165, 1.54) is 12.1 Å². The van der Waals surface area contributed by atoms with Gasteiger partial charge in [-0.25, -0.2) is 0 Å². The molecule has 1 aliphatic rings. The van der Waals surface area contributed by atoms with E-state index in [2.05, 4.69) is 20.2 Å². The van der Waals surface area contributed by atoms with E-state index in [0.717, 1.165) is 15.9 Å². The van der Waals surface area contributed by atoms with E-state index >= 15 is 0 Å². The summed E-state index contributed by atoms with van der Waals surface area (Å²) in [6.45, 7) is -2.99. The summed E-state index contributed by atoms with van der Waals surface area (Å²) in [6.07, 6.45) is 0. The molecular weight excluding hydrogens is 521 g/mol. The second-order valence-electron chi connectivity index (χ2n) is 7.97. The number of benzene rings is 4. The Hall–Kier alpha value is -3.08. The number of carbonyl (C=O) groups is 1. The van der Waals surface area contributed by atoms with Gasteiger partial charge < -0.3 is 0 Å². The molecule has 0 radical (unpaired) electrons. The van der Waals surface area contributed by atoms with E-state index < -0.39 is 23.7 Å². The van der Waals surface area contributed by atoms with Crippen LogP contribution in [0.25, 0.3) is 0 Å². The molecule has 0 saturated carbocycles. The summed E-state index contributed by atoms with van der Waals surface area (Å²) in [6, 6.07) is 34.2. The fourth-order valence-corrected chi connectivity index (χ4v) is 12.8. The molecule has 0 fully saturated rings. The Morgan fingerprint density at radius 1 is 0.765 bits per heavy atom. The number of hydrogen-bond donors (Lipinski definition) is 0. The van der Waals surface area contributed by atoms with Gasteiger partial charge in [0.2, 0.25) is 0 Å². The van der Waals surface area contributed by atoms with Crippen LogP contribution in [0.4, 0.5) is 8.78 Å². The van der Waals surface area contributed by atoms with Crippen molar-refractivity contribution in [3.05, 3.63) is 120 Å². The molecule has 0 aliphatic carbocycles. The van der Waals surface area contributed by atoms with Crippen LogP contribution in [0.15, 0.2) is 109 Å². The van der Waals surface area contributed by atoms with Crippen LogP contribution in [0, 0.1) is 0 Å². The maximum absolute atomic E-state index is 13.1. The van der Waals surface area contributed by atoms with Crippen molar-refractivity contribution >= 4 is 42.7 Å². The second-order valence-corrected chi connectivity index (χ2v) is 16.6. The molecule has 0 N–H and O–H groups in total. The fourth-order valence-electron chi connectivity index (χ4n) is 4.70. The minimum absolute atomic E-state index is 0.0830. The van der Waals surface area contributed by atoms with Crippen molar-refractivity contribution in [2.45, 2.75) is 12.5 Å². The minimum atomic E-state index is -3.68. The fraction of sp³-hybridized carbons (Fsp3) is 0.0741. The van der Waals surface area contributed by atoms with Gasteiger partial charge in [0.1, 0.15) is 0 Å². The molecule has 7 heteroatoms. The predicted octanol–water partition coefficient (Wildman–Crippen LogP) is 6.30. The average molecular weight is 541 g/mol. The summed E-state index contributed by atoms with van der Waals surface area (Å²) in [7, 11) is 0. The molecule has 0 bridgehead atoms. The number of halogens is 3. The summed E-state index contributed by atoms with van der Waals surface area (Å²) < 4.78 is 36.3. The molecule has 1 aliphatic heterocycles. The van der Waals surface area contributed by atoms with Crippen LogP contribution in [-0.4, -0.2) is 12.6 Å². The molecule has 1 unspecified atom stereocenters. The van der Waals surface area contributed by atoms with Crippen molar-refractivity contribution in [2.75, 3.05) is 0 Å². The number of alkyl halides is 2. The quantitative estimate of drug-likeness (QED) is 0.213. The molecule has 0 spiro atoms. The van der Waals surface area contributed by atoms with Gasteiger partial charge in [0.05, 0.1) is 0 Å². The molecule has 0 aromatic heterocycles. The van der Waals surface area contributed by atoms with Gasteiger partial charge in [-0.15, -0.1) is 0 Å². The predicted molar refractivity (Wildman–Crippen MR) is 135 cm³/mol. The zero-order chi connectivity index (χ0) is 23.8. The number of hydrogen-bond acceptors (Lipinski definition) is 3. The molecule has 0 amide bonds. The van der Waals surface area contributed by atoms with E-state index in [9.17, 15) is 13.6 Å². The first kappa shape index (κ1) is 22.7. The van der Waals surface area contributed by atoms with Crippen LogP contribution in [-0.2, 0) is 4.74 Å². The van der Waals surface area contributed by atoms with Gasteiger partial charge in [-0.1, -0.05) is 0 Å². The topological polar surface area (TPSA) is 35.5 Å². The van der Waals surface area contributed by atoms with E-state index in [1.54, 1.807) is 6.07 Å². The van der Waals surface area contributed by atoms with Crippen LogP contribution in [0.2, 0.25) is 0 Å². The number of carbonyl (C=O) groups excluding carboxylic acids is 1. The van der Waals surface area contributed by atoms with E-state index in [4.69, 9.17) is 4.74 Å². The Labute approximate surface area is 204 Å². The number of cyclic esters (lactones) is 1. The standard InChI is InChI=1S/C27H20BrF2O3P/c28-34(20-10-4-1-5-11-20,21-12-6-2-7-13-21,22-14-8-3-9-15-22)26-23-17-16-19(32-27(29)30)18-24(23)25(31)33-26/h1-18,26-27H. The Balaban J connectivity index is 1.86. The summed E-state index contributed by atoms with van der Waals surface area (Å²) >= 11 is 4.30. The van der Waals surface area contributed by atoms with Crippen LogP contribution < -0.4 is 20.7 Å². The van der Waals surface area contributed by atoms with Gasteiger partial charge in [-0.2, -0.15) is 0 Å². The number of ether oxygens (including phenoxy) is 2. The summed E-state index contributed by atoms with van der Waals surface area (Å²) in [5.74, 6) is -1.38. The Bertz CT molecular complexity index is 1230. The van der Waals surface area contributed by atoms with Gasteiger partial charge in [0.25, 0.3) is 0 Å². The second kappa shape index (κ2) is 8.61. The van der Waals surface area contributed by atoms with E-state index in [0.29, 0.717) is 5.56 Å². The molecule has 1 heterocycles. The molecule has 172 valence electrons. The van der Waals surface area contributed by atoms with Crippen molar-refractivity contribution in [3.63, 3.8) is 0 Å². The molecule has 1 atom stereocenters. The first-order valence-corrected chi connectivity index (χ1v) is 15.0. The normalized spacial score (nSPS) is 16.4. The van der Waals surface area contributed by atoms with Crippen LogP contribution in [0.3, 0.4) is 0 Å². The van der Waals surface area contributed by atoms with Crippen molar-refractivity contribution in [3.8, 4) is 5.75 Å². The third-order valence-corrected chi connectivity index (χ3v) is 16.2. The average Bonchev–Trinajstić information content (AvgIpc) is 3.21. The van der Waals surface area contributed by atoms with Gasteiger partial charge >= 0.3 is 204 Å². The number of fused-ring (bicyclic) bond motifs is 1. The van der Waals surface area contributed by atoms with Crippen molar-refractivity contribution in [1.29, 1.82) is 0 Å². The van der Waals surface area contributed by atoms with Gasteiger partial charge in [-0.3, -0.25) is 0 Å². The third kappa shape index (κ3) is 3.36. The molecule has 34 heavy (non-hydrogen) atoms. The Morgan fingerprint density at radius 2 is 1.24 bits per heavy atom. The zero-order valence-corrected chi connectivity index (χ0v) is 20.3. The zero-order valence-electron chi connectivity index (χ0n) is 17.9. The summed E-state index contributed by atoms with van der Waals surface area (Å²) in [5.41, 5.74) is 0.845. The molecule has 3 nitrogen and oxygen atoms in total. The van der Waals surface area contributed by atoms with Gasteiger partial charge in [0, 0.05) is 0 Å².